The Labute approximate surface area is 81.9 Å². The molecule has 0 unspecified atom stereocenters. The molecular formula is C10H13NO3. The summed E-state index contributed by atoms with van der Waals surface area (Å²) in [6.45, 7) is 3.23. The molecule has 0 saturated carbocycles. The molecule has 14 heavy (non-hydrogen) atoms. The van der Waals surface area contributed by atoms with E-state index in [1.807, 2.05) is 0 Å². The molecule has 1 heterocycles. The molecule has 4 nitrogen and oxygen atoms in total. The lowest BCUT2D eigenvalue weighted by molar-refractivity contribution is -0.243. The number of fused-ring (bicyclic) bond motifs is 1. The maximum atomic E-state index is 9.87. The van der Waals surface area contributed by atoms with Crippen molar-refractivity contribution in [3.63, 3.8) is 0 Å². The van der Waals surface area contributed by atoms with E-state index in [4.69, 9.17) is 10.5 Å². The van der Waals surface area contributed by atoms with Gasteiger partial charge in [-0.25, -0.2) is 0 Å². The van der Waals surface area contributed by atoms with Gasteiger partial charge in [-0.2, -0.15) is 0 Å². The van der Waals surface area contributed by atoms with Crippen molar-refractivity contribution in [2.75, 3.05) is 5.73 Å². The highest BCUT2D eigenvalue weighted by atomic mass is 16.6. The Balaban J connectivity index is 2.62. The van der Waals surface area contributed by atoms with Crippen LogP contribution in [0.5, 0.6) is 5.75 Å². The first-order valence-electron chi connectivity index (χ1n) is 4.38. The molecule has 4 heteroatoms. The monoisotopic (exact) mass is 195 g/mol. The van der Waals surface area contributed by atoms with Crippen LogP contribution in [0, 0.1) is 0 Å². The van der Waals surface area contributed by atoms with Crippen LogP contribution in [-0.4, -0.2) is 15.8 Å². The summed E-state index contributed by atoms with van der Waals surface area (Å²) in [5, 5.41) is 19.7. The number of nitrogens with two attached hydrogens (primary N) is 1. The van der Waals surface area contributed by atoms with Crippen molar-refractivity contribution in [3.05, 3.63) is 23.8 Å². The number of aliphatic hydroxyl groups is 2. The van der Waals surface area contributed by atoms with Gasteiger partial charge in [0.1, 0.15) is 5.75 Å². The second-order valence-electron chi connectivity index (χ2n) is 4.04. The summed E-state index contributed by atoms with van der Waals surface area (Å²) in [5.41, 5.74) is 5.32. The van der Waals surface area contributed by atoms with E-state index < -0.39 is 11.4 Å². The van der Waals surface area contributed by atoms with Crippen molar-refractivity contribution >= 4 is 5.69 Å². The molecular weight excluding hydrogens is 182 g/mol. The lowest BCUT2D eigenvalue weighted by Crippen LogP contribution is -2.46. The molecule has 0 aromatic heterocycles. The standard InChI is InChI=1S/C10H13NO3/c1-9(2)10(12,13)7-5-6(11)3-4-8(7)14-9/h3-5,12-13H,11H2,1-2H3. The third-order valence-corrected chi connectivity index (χ3v) is 2.58. The Morgan fingerprint density at radius 3 is 2.57 bits per heavy atom. The van der Waals surface area contributed by atoms with Crippen LogP contribution in [0.1, 0.15) is 19.4 Å². The second-order valence-corrected chi connectivity index (χ2v) is 4.04. The van der Waals surface area contributed by atoms with Crippen molar-refractivity contribution in [2.45, 2.75) is 25.2 Å². The van der Waals surface area contributed by atoms with Gasteiger partial charge >= 0.3 is 0 Å². The van der Waals surface area contributed by atoms with Crippen molar-refractivity contribution in [2.24, 2.45) is 0 Å². The van der Waals surface area contributed by atoms with E-state index >= 15 is 0 Å². The van der Waals surface area contributed by atoms with Crippen molar-refractivity contribution in [1.29, 1.82) is 0 Å². The normalized spacial score (nSPS) is 21.4. The Bertz CT molecular complexity index is 385. The fraction of sp³-hybridized carbons (Fsp3) is 0.400. The topological polar surface area (TPSA) is 75.7 Å². The molecule has 0 atom stereocenters. The minimum absolute atomic E-state index is 0.322. The highest BCUT2D eigenvalue weighted by Gasteiger charge is 2.53. The minimum Gasteiger partial charge on any atom is -0.481 e. The van der Waals surface area contributed by atoms with E-state index in [1.165, 1.54) is 6.07 Å². The molecule has 0 saturated heterocycles. The van der Waals surface area contributed by atoms with Crippen LogP contribution in [0.3, 0.4) is 0 Å². The van der Waals surface area contributed by atoms with Crippen LogP contribution in [0.15, 0.2) is 18.2 Å². The smallest absolute Gasteiger partial charge is 0.234 e. The zero-order valence-electron chi connectivity index (χ0n) is 8.11. The van der Waals surface area contributed by atoms with E-state index in [-0.39, 0.29) is 0 Å². The van der Waals surface area contributed by atoms with E-state index in [2.05, 4.69) is 0 Å². The Kier molecular flexibility index (Phi) is 1.60. The van der Waals surface area contributed by atoms with Gasteiger partial charge in [0, 0.05) is 5.69 Å². The third kappa shape index (κ3) is 1.01. The molecule has 76 valence electrons. The summed E-state index contributed by atoms with van der Waals surface area (Å²) >= 11 is 0. The average molecular weight is 195 g/mol. The number of benzene rings is 1. The molecule has 0 amide bonds. The van der Waals surface area contributed by atoms with E-state index in [1.54, 1.807) is 26.0 Å². The van der Waals surface area contributed by atoms with E-state index in [9.17, 15) is 10.2 Å². The SMILES string of the molecule is CC1(C)Oc2ccc(N)cc2C1(O)O. The van der Waals surface area contributed by atoms with Crippen LogP contribution in [0.25, 0.3) is 0 Å². The van der Waals surface area contributed by atoms with Crippen LogP contribution >= 0.6 is 0 Å². The van der Waals surface area contributed by atoms with E-state index in [0.29, 0.717) is 17.0 Å². The Hall–Kier alpha value is -1.26. The highest BCUT2D eigenvalue weighted by molar-refractivity contribution is 5.52. The lowest BCUT2D eigenvalue weighted by Gasteiger charge is -2.29. The molecule has 0 spiro atoms. The fourth-order valence-corrected chi connectivity index (χ4v) is 1.58. The number of rotatable bonds is 0. The van der Waals surface area contributed by atoms with Crippen molar-refractivity contribution in [3.8, 4) is 5.75 Å². The zero-order valence-corrected chi connectivity index (χ0v) is 8.11. The van der Waals surface area contributed by atoms with Gasteiger partial charge in [-0.05, 0) is 32.0 Å². The lowest BCUT2D eigenvalue weighted by atomic mass is 9.93. The predicted molar refractivity (Wildman–Crippen MR) is 51.7 cm³/mol. The first-order chi connectivity index (χ1) is 6.34. The van der Waals surface area contributed by atoms with Gasteiger partial charge < -0.3 is 20.7 Å². The van der Waals surface area contributed by atoms with Crippen LogP contribution < -0.4 is 10.5 Å². The molecule has 0 radical (unpaired) electrons. The molecule has 1 aromatic rings. The first kappa shape index (κ1) is 9.30. The highest BCUT2D eigenvalue weighted by Crippen LogP contribution is 2.46. The number of hydrogen-bond acceptors (Lipinski definition) is 4. The molecule has 4 N–H and O–H groups in total. The van der Waals surface area contributed by atoms with Gasteiger partial charge in [0.25, 0.3) is 0 Å². The zero-order chi connectivity index (χ0) is 10.6. The molecule has 1 aliphatic rings. The number of anilines is 1. The minimum atomic E-state index is -1.99. The second kappa shape index (κ2) is 2.40. The van der Waals surface area contributed by atoms with Gasteiger partial charge in [0.2, 0.25) is 5.79 Å². The van der Waals surface area contributed by atoms with Gasteiger partial charge in [-0.1, -0.05) is 0 Å². The summed E-state index contributed by atoms with van der Waals surface area (Å²) in [6.07, 6.45) is 0. The Morgan fingerprint density at radius 2 is 1.93 bits per heavy atom. The third-order valence-electron chi connectivity index (χ3n) is 2.58. The summed E-state index contributed by atoms with van der Waals surface area (Å²) in [5.74, 6) is -1.52. The summed E-state index contributed by atoms with van der Waals surface area (Å²) < 4.78 is 5.41. The van der Waals surface area contributed by atoms with Crippen LogP contribution in [0.2, 0.25) is 0 Å². The molecule has 2 rings (SSSR count). The number of nitrogen functional groups attached to an aromatic ring is 1. The van der Waals surface area contributed by atoms with Crippen molar-refractivity contribution < 1.29 is 14.9 Å². The number of ether oxygens (including phenoxy) is 1. The fourth-order valence-electron chi connectivity index (χ4n) is 1.58. The maximum absolute atomic E-state index is 9.87. The number of hydrogen-bond donors (Lipinski definition) is 3. The maximum Gasteiger partial charge on any atom is 0.234 e. The molecule has 1 aliphatic heterocycles. The first-order valence-corrected chi connectivity index (χ1v) is 4.38. The van der Waals surface area contributed by atoms with Gasteiger partial charge in [-0.3, -0.25) is 0 Å². The van der Waals surface area contributed by atoms with Gasteiger partial charge in [-0.15, -0.1) is 0 Å². The molecule has 1 aromatic carbocycles. The van der Waals surface area contributed by atoms with Gasteiger partial charge in [0.15, 0.2) is 5.60 Å². The van der Waals surface area contributed by atoms with Gasteiger partial charge in [0.05, 0.1) is 5.56 Å². The Morgan fingerprint density at radius 1 is 1.29 bits per heavy atom. The van der Waals surface area contributed by atoms with Crippen LogP contribution in [0.4, 0.5) is 5.69 Å². The molecule has 0 bridgehead atoms. The van der Waals surface area contributed by atoms with E-state index in [0.717, 1.165) is 0 Å². The predicted octanol–water partition coefficient (Wildman–Crippen LogP) is 0.577. The molecule has 0 fully saturated rings. The van der Waals surface area contributed by atoms with Crippen LogP contribution in [-0.2, 0) is 5.79 Å². The summed E-state index contributed by atoms with van der Waals surface area (Å²) in [4.78, 5) is 0. The molecule has 0 aliphatic carbocycles. The average Bonchev–Trinajstić information content (AvgIpc) is 2.22. The summed E-state index contributed by atoms with van der Waals surface area (Å²) in [7, 11) is 0. The quantitative estimate of drug-likeness (QED) is 0.418. The van der Waals surface area contributed by atoms with Crippen molar-refractivity contribution in [1.82, 2.24) is 0 Å². The largest absolute Gasteiger partial charge is 0.481 e. The summed E-state index contributed by atoms with van der Waals surface area (Å²) in [6, 6.07) is 4.82.